The number of fused-ring (bicyclic) bond motifs is 1. The van der Waals surface area contributed by atoms with Crippen LogP contribution in [0.5, 0.6) is 5.75 Å². The summed E-state index contributed by atoms with van der Waals surface area (Å²) in [5.74, 6) is 2.12. The van der Waals surface area contributed by atoms with Crippen molar-refractivity contribution in [1.82, 2.24) is 9.97 Å². The zero-order chi connectivity index (χ0) is 19.5. The zero-order valence-electron chi connectivity index (χ0n) is 16.2. The molecule has 4 rings (SSSR count). The summed E-state index contributed by atoms with van der Waals surface area (Å²) in [6.07, 6.45) is 0. The van der Waals surface area contributed by atoms with Crippen molar-refractivity contribution in [2.75, 3.05) is 17.7 Å². The molecule has 0 radical (unpaired) electrons. The second-order valence-corrected chi connectivity index (χ2v) is 6.69. The summed E-state index contributed by atoms with van der Waals surface area (Å²) in [7, 11) is 1.66. The Balaban J connectivity index is 1.70. The van der Waals surface area contributed by atoms with Crippen LogP contribution in [0.3, 0.4) is 0 Å². The SMILES string of the molecule is COc1ccc(Nc2nc(Nc3ccc(C)c(C)c3)nc3ccccc23)cc1. The number of ether oxygens (including phenoxy) is 1. The molecule has 3 aromatic carbocycles. The lowest BCUT2D eigenvalue weighted by atomic mass is 10.1. The van der Waals surface area contributed by atoms with Gasteiger partial charge in [-0.15, -0.1) is 0 Å². The molecule has 0 aliphatic rings. The van der Waals surface area contributed by atoms with Crippen LogP contribution < -0.4 is 15.4 Å². The van der Waals surface area contributed by atoms with Gasteiger partial charge < -0.3 is 15.4 Å². The van der Waals surface area contributed by atoms with Crippen LogP contribution in [0.15, 0.2) is 66.7 Å². The third-order valence-corrected chi connectivity index (χ3v) is 4.72. The highest BCUT2D eigenvalue weighted by Gasteiger charge is 2.09. The van der Waals surface area contributed by atoms with Crippen LogP contribution in [-0.4, -0.2) is 17.1 Å². The predicted octanol–water partition coefficient (Wildman–Crippen LogP) is 5.74. The lowest BCUT2D eigenvalue weighted by Crippen LogP contribution is -2.02. The first-order chi connectivity index (χ1) is 13.6. The van der Waals surface area contributed by atoms with Crippen LogP contribution in [0.4, 0.5) is 23.1 Å². The van der Waals surface area contributed by atoms with Crippen LogP contribution in [0, 0.1) is 13.8 Å². The van der Waals surface area contributed by atoms with Crippen molar-refractivity contribution < 1.29 is 4.74 Å². The Morgan fingerprint density at radius 2 is 1.50 bits per heavy atom. The minimum absolute atomic E-state index is 0.554. The Bertz CT molecular complexity index is 1120. The summed E-state index contributed by atoms with van der Waals surface area (Å²) >= 11 is 0. The van der Waals surface area contributed by atoms with Gasteiger partial charge in [0.1, 0.15) is 11.6 Å². The second-order valence-electron chi connectivity index (χ2n) is 6.69. The maximum Gasteiger partial charge on any atom is 0.229 e. The first-order valence-electron chi connectivity index (χ1n) is 9.14. The molecule has 0 fully saturated rings. The molecule has 5 heteroatoms. The maximum atomic E-state index is 5.23. The van der Waals surface area contributed by atoms with E-state index in [-0.39, 0.29) is 0 Å². The van der Waals surface area contributed by atoms with Gasteiger partial charge in [-0.2, -0.15) is 4.98 Å². The molecule has 0 amide bonds. The van der Waals surface area contributed by atoms with Crippen LogP contribution in [0.25, 0.3) is 10.9 Å². The molecule has 0 aliphatic carbocycles. The number of methoxy groups -OCH3 is 1. The maximum absolute atomic E-state index is 5.23. The number of nitrogens with zero attached hydrogens (tertiary/aromatic N) is 2. The number of nitrogens with one attached hydrogen (secondary N) is 2. The fourth-order valence-corrected chi connectivity index (χ4v) is 2.99. The van der Waals surface area contributed by atoms with E-state index in [4.69, 9.17) is 9.72 Å². The third kappa shape index (κ3) is 3.74. The van der Waals surface area contributed by atoms with E-state index in [1.165, 1.54) is 11.1 Å². The normalized spacial score (nSPS) is 10.7. The molecular formula is C23H22N4O. The van der Waals surface area contributed by atoms with Crippen molar-refractivity contribution in [2.24, 2.45) is 0 Å². The zero-order valence-corrected chi connectivity index (χ0v) is 16.2. The first-order valence-corrected chi connectivity index (χ1v) is 9.14. The summed E-state index contributed by atoms with van der Waals surface area (Å²) in [4.78, 5) is 9.39. The highest BCUT2D eigenvalue weighted by molar-refractivity contribution is 5.92. The van der Waals surface area contributed by atoms with Crippen molar-refractivity contribution in [3.8, 4) is 5.75 Å². The minimum atomic E-state index is 0.554. The van der Waals surface area contributed by atoms with Gasteiger partial charge in [-0.05, 0) is 73.5 Å². The summed E-state index contributed by atoms with van der Waals surface area (Å²) < 4.78 is 5.23. The lowest BCUT2D eigenvalue weighted by Gasteiger charge is -2.13. The number of rotatable bonds is 5. The molecule has 5 nitrogen and oxygen atoms in total. The molecule has 0 aliphatic heterocycles. The smallest absolute Gasteiger partial charge is 0.229 e. The molecular weight excluding hydrogens is 348 g/mol. The van der Waals surface area contributed by atoms with E-state index >= 15 is 0 Å². The van der Waals surface area contributed by atoms with Gasteiger partial charge in [0.15, 0.2) is 0 Å². The quantitative estimate of drug-likeness (QED) is 0.469. The number of hydrogen-bond donors (Lipinski definition) is 2. The highest BCUT2D eigenvalue weighted by Crippen LogP contribution is 2.27. The lowest BCUT2D eigenvalue weighted by molar-refractivity contribution is 0.415. The minimum Gasteiger partial charge on any atom is -0.497 e. The van der Waals surface area contributed by atoms with Crippen molar-refractivity contribution >= 4 is 34.0 Å². The molecule has 0 spiro atoms. The van der Waals surface area contributed by atoms with E-state index in [1.807, 2.05) is 54.6 Å². The van der Waals surface area contributed by atoms with Gasteiger partial charge in [0, 0.05) is 16.8 Å². The summed E-state index contributed by atoms with van der Waals surface area (Å²) in [6, 6.07) is 22.0. The third-order valence-electron chi connectivity index (χ3n) is 4.72. The average molecular weight is 370 g/mol. The van der Waals surface area contributed by atoms with Crippen LogP contribution >= 0.6 is 0 Å². The number of benzene rings is 3. The van der Waals surface area contributed by atoms with E-state index < -0.39 is 0 Å². The van der Waals surface area contributed by atoms with Gasteiger partial charge in [-0.3, -0.25) is 0 Å². The number of aryl methyl sites for hydroxylation is 2. The van der Waals surface area contributed by atoms with Crippen LogP contribution in [-0.2, 0) is 0 Å². The van der Waals surface area contributed by atoms with Gasteiger partial charge in [-0.1, -0.05) is 18.2 Å². The van der Waals surface area contributed by atoms with Crippen molar-refractivity contribution in [3.63, 3.8) is 0 Å². The Morgan fingerprint density at radius 3 is 2.25 bits per heavy atom. The van der Waals surface area contributed by atoms with Crippen molar-refractivity contribution in [1.29, 1.82) is 0 Å². The standard InChI is InChI=1S/C23H22N4O/c1-15-8-9-18(14-16(15)2)25-23-26-21-7-5-4-6-20(21)22(27-23)24-17-10-12-19(28-3)13-11-17/h4-14H,1-3H3,(H2,24,25,26,27). The molecule has 0 bridgehead atoms. The summed E-state index contributed by atoms with van der Waals surface area (Å²) in [5.41, 5.74) is 5.25. The van der Waals surface area contributed by atoms with Crippen LogP contribution in [0.2, 0.25) is 0 Å². The fraction of sp³-hybridized carbons (Fsp3) is 0.130. The Hall–Kier alpha value is -3.60. The fourth-order valence-electron chi connectivity index (χ4n) is 2.99. The molecule has 28 heavy (non-hydrogen) atoms. The summed E-state index contributed by atoms with van der Waals surface area (Å²) in [5, 5.41) is 7.69. The molecule has 1 aromatic heterocycles. The predicted molar refractivity (Wildman–Crippen MR) is 115 cm³/mol. The Labute approximate surface area is 164 Å². The largest absolute Gasteiger partial charge is 0.497 e. The molecule has 0 saturated heterocycles. The van der Waals surface area contributed by atoms with E-state index in [2.05, 4.69) is 41.6 Å². The molecule has 2 N–H and O–H groups in total. The molecule has 0 unspecified atom stereocenters. The van der Waals surface area contributed by atoms with E-state index in [9.17, 15) is 0 Å². The highest BCUT2D eigenvalue weighted by atomic mass is 16.5. The number of anilines is 4. The van der Waals surface area contributed by atoms with Gasteiger partial charge in [0.2, 0.25) is 5.95 Å². The van der Waals surface area contributed by atoms with Gasteiger partial charge in [0.25, 0.3) is 0 Å². The topological polar surface area (TPSA) is 59.1 Å². The van der Waals surface area contributed by atoms with Gasteiger partial charge in [-0.25, -0.2) is 4.98 Å². The molecule has 4 aromatic rings. The number of hydrogen-bond acceptors (Lipinski definition) is 5. The Morgan fingerprint density at radius 1 is 0.750 bits per heavy atom. The molecule has 0 saturated carbocycles. The summed E-state index contributed by atoms with van der Waals surface area (Å²) in [6.45, 7) is 4.20. The monoisotopic (exact) mass is 370 g/mol. The first kappa shape index (κ1) is 17.8. The van der Waals surface area contributed by atoms with Gasteiger partial charge in [0.05, 0.1) is 12.6 Å². The number of para-hydroxylation sites is 1. The van der Waals surface area contributed by atoms with Crippen molar-refractivity contribution in [3.05, 3.63) is 77.9 Å². The van der Waals surface area contributed by atoms with Crippen molar-refractivity contribution in [2.45, 2.75) is 13.8 Å². The van der Waals surface area contributed by atoms with Crippen LogP contribution in [0.1, 0.15) is 11.1 Å². The number of aromatic nitrogens is 2. The Kier molecular flexibility index (Phi) is 4.81. The molecule has 1 heterocycles. The molecule has 0 atom stereocenters. The average Bonchev–Trinajstić information content (AvgIpc) is 2.71. The second kappa shape index (κ2) is 7.56. The van der Waals surface area contributed by atoms with Gasteiger partial charge >= 0.3 is 0 Å². The van der Waals surface area contributed by atoms with E-state index in [1.54, 1.807) is 7.11 Å². The van der Waals surface area contributed by atoms with E-state index in [0.717, 1.165) is 33.8 Å². The van der Waals surface area contributed by atoms with E-state index in [0.29, 0.717) is 5.95 Å². The molecule has 140 valence electrons.